The van der Waals surface area contributed by atoms with Crippen molar-refractivity contribution < 1.29 is 13.2 Å². The average Bonchev–Trinajstić information content (AvgIpc) is 3.32. The smallest absolute Gasteiger partial charge is 0.251 e. The van der Waals surface area contributed by atoms with Gasteiger partial charge in [0, 0.05) is 30.2 Å². The Balaban J connectivity index is 1.38. The van der Waals surface area contributed by atoms with Crippen LogP contribution in [0.1, 0.15) is 41.6 Å². The zero-order chi connectivity index (χ0) is 20.6. The van der Waals surface area contributed by atoms with Crippen LogP contribution in [0.2, 0.25) is 5.02 Å². The topological polar surface area (TPSA) is 66.5 Å². The number of rotatable bonds is 6. The van der Waals surface area contributed by atoms with E-state index in [4.69, 9.17) is 11.6 Å². The van der Waals surface area contributed by atoms with Gasteiger partial charge in [-0.3, -0.25) is 4.79 Å². The summed E-state index contributed by atoms with van der Waals surface area (Å²) in [5, 5.41) is 3.67. The molecule has 0 heterocycles. The highest BCUT2D eigenvalue weighted by Gasteiger charge is 2.40. The molecule has 0 aliphatic heterocycles. The Morgan fingerprint density at radius 1 is 1.07 bits per heavy atom. The summed E-state index contributed by atoms with van der Waals surface area (Å²) in [7, 11) is -2.06. The van der Waals surface area contributed by atoms with Crippen molar-refractivity contribution in [3.8, 4) is 0 Å². The molecule has 2 aromatic rings. The van der Waals surface area contributed by atoms with Gasteiger partial charge < -0.3 is 5.32 Å². The number of hydrogen-bond acceptors (Lipinski definition) is 3. The molecule has 2 aromatic carbocycles. The molecule has 2 aliphatic carbocycles. The van der Waals surface area contributed by atoms with E-state index in [9.17, 15) is 13.2 Å². The normalized spacial score (nSPS) is 23.5. The molecule has 3 unspecified atom stereocenters. The van der Waals surface area contributed by atoms with E-state index in [-0.39, 0.29) is 17.3 Å². The quantitative estimate of drug-likeness (QED) is 0.747. The number of nitrogens with zero attached hydrogens (tertiary/aromatic N) is 1. The van der Waals surface area contributed by atoms with E-state index >= 15 is 0 Å². The Bertz CT molecular complexity index is 990. The van der Waals surface area contributed by atoms with Crippen molar-refractivity contribution in [3.05, 3.63) is 64.7 Å². The van der Waals surface area contributed by atoms with Crippen molar-refractivity contribution in [2.75, 3.05) is 7.05 Å². The first-order valence-corrected chi connectivity index (χ1v) is 11.8. The van der Waals surface area contributed by atoms with Gasteiger partial charge in [0.05, 0.1) is 4.90 Å². The number of amides is 1. The number of benzene rings is 2. The first-order chi connectivity index (χ1) is 13.8. The maximum atomic E-state index is 12.7. The molecule has 29 heavy (non-hydrogen) atoms. The zero-order valence-electron chi connectivity index (χ0n) is 16.3. The average molecular weight is 433 g/mol. The molecular formula is C22H25ClN2O3S. The van der Waals surface area contributed by atoms with Crippen LogP contribution in [0, 0.1) is 11.8 Å². The maximum absolute atomic E-state index is 12.7. The Morgan fingerprint density at radius 2 is 1.76 bits per heavy atom. The van der Waals surface area contributed by atoms with Crippen LogP contribution in [-0.4, -0.2) is 31.7 Å². The van der Waals surface area contributed by atoms with Gasteiger partial charge in [0.25, 0.3) is 5.91 Å². The summed E-state index contributed by atoms with van der Waals surface area (Å²) in [5.74, 6) is 1.37. The fourth-order valence-electron chi connectivity index (χ4n) is 4.56. The SMILES string of the molecule is CN(Cc1ccc(C(=O)NC2CC3CCC2C3)cc1)S(=O)(=O)c1ccc(Cl)cc1. The van der Waals surface area contributed by atoms with Crippen LogP contribution in [0.4, 0.5) is 0 Å². The van der Waals surface area contributed by atoms with E-state index < -0.39 is 10.0 Å². The van der Waals surface area contributed by atoms with E-state index in [0.717, 1.165) is 17.9 Å². The lowest BCUT2D eigenvalue weighted by atomic mass is 9.95. The van der Waals surface area contributed by atoms with Crippen molar-refractivity contribution in [1.29, 1.82) is 0 Å². The van der Waals surface area contributed by atoms with Crippen molar-refractivity contribution in [3.63, 3.8) is 0 Å². The zero-order valence-corrected chi connectivity index (χ0v) is 17.9. The molecule has 5 nitrogen and oxygen atoms in total. The molecule has 3 atom stereocenters. The molecular weight excluding hydrogens is 408 g/mol. The largest absolute Gasteiger partial charge is 0.349 e. The third kappa shape index (κ3) is 4.34. The van der Waals surface area contributed by atoms with Crippen LogP contribution in [0.5, 0.6) is 0 Å². The third-order valence-electron chi connectivity index (χ3n) is 6.20. The molecule has 2 saturated carbocycles. The fraction of sp³-hybridized carbons (Fsp3) is 0.409. The van der Waals surface area contributed by atoms with Crippen LogP contribution < -0.4 is 5.32 Å². The number of fused-ring (bicyclic) bond motifs is 2. The maximum Gasteiger partial charge on any atom is 0.251 e. The molecule has 2 fully saturated rings. The van der Waals surface area contributed by atoms with E-state index in [0.29, 0.717) is 22.5 Å². The summed E-state index contributed by atoms with van der Waals surface area (Å²) < 4.78 is 26.7. The van der Waals surface area contributed by atoms with E-state index in [1.54, 1.807) is 31.3 Å². The molecule has 1 amide bonds. The lowest BCUT2D eigenvalue weighted by Crippen LogP contribution is -2.38. The second kappa shape index (κ2) is 8.09. The second-order valence-electron chi connectivity index (χ2n) is 8.17. The van der Waals surface area contributed by atoms with Gasteiger partial charge in [0.2, 0.25) is 10.0 Å². The molecule has 2 bridgehead atoms. The minimum absolute atomic E-state index is 0.0451. The van der Waals surface area contributed by atoms with E-state index in [2.05, 4.69) is 5.32 Å². The monoisotopic (exact) mass is 432 g/mol. The predicted octanol–water partition coefficient (Wildman–Crippen LogP) is 4.08. The minimum Gasteiger partial charge on any atom is -0.349 e. The van der Waals surface area contributed by atoms with Crippen LogP contribution in [0.3, 0.4) is 0 Å². The minimum atomic E-state index is -3.61. The lowest BCUT2D eigenvalue weighted by Gasteiger charge is -2.23. The molecule has 1 N–H and O–H groups in total. The molecule has 2 aliphatic rings. The summed E-state index contributed by atoms with van der Waals surface area (Å²) in [4.78, 5) is 12.8. The summed E-state index contributed by atoms with van der Waals surface area (Å²) in [6, 6.07) is 13.6. The molecule has 154 valence electrons. The van der Waals surface area contributed by atoms with Crippen molar-refractivity contribution in [2.45, 2.75) is 43.2 Å². The number of sulfonamides is 1. The van der Waals surface area contributed by atoms with Crippen LogP contribution in [0.25, 0.3) is 0 Å². The van der Waals surface area contributed by atoms with Gasteiger partial charge in [0.15, 0.2) is 0 Å². The third-order valence-corrected chi connectivity index (χ3v) is 8.27. The van der Waals surface area contributed by atoms with Gasteiger partial charge in [-0.1, -0.05) is 30.2 Å². The van der Waals surface area contributed by atoms with Gasteiger partial charge >= 0.3 is 0 Å². The van der Waals surface area contributed by atoms with Crippen molar-refractivity contribution >= 4 is 27.5 Å². The Labute approximate surface area is 177 Å². The number of nitrogens with one attached hydrogen (secondary N) is 1. The number of carbonyl (C=O) groups excluding carboxylic acids is 1. The first kappa shape index (κ1) is 20.4. The summed E-state index contributed by atoms with van der Waals surface area (Å²) in [5.41, 5.74) is 1.43. The highest BCUT2D eigenvalue weighted by atomic mass is 35.5. The van der Waals surface area contributed by atoms with Gasteiger partial charge in [0.1, 0.15) is 0 Å². The molecule has 0 aromatic heterocycles. The number of halogens is 1. The van der Waals surface area contributed by atoms with Crippen LogP contribution in [-0.2, 0) is 16.6 Å². The highest BCUT2D eigenvalue weighted by Crippen LogP contribution is 2.44. The second-order valence-corrected chi connectivity index (χ2v) is 10.6. The van der Waals surface area contributed by atoms with Crippen LogP contribution in [0.15, 0.2) is 53.4 Å². The molecule has 7 heteroatoms. The Morgan fingerprint density at radius 3 is 2.34 bits per heavy atom. The molecule has 0 spiro atoms. The van der Waals surface area contributed by atoms with E-state index in [1.807, 2.05) is 12.1 Å². The summed E-state index contributed by atoms with van der Waals surface area (Å²) in [6.07, 6.45) is 4.88. The van der Waals surface area contributed by atoms with E-state index in [1.165, 1.54) is 35.7 Å². The summed E-state index contributed by atoms with van der Waals surface area (Å²) in [6.45, 7) is 0.221. The van der Waals surface area contributed by atoms with Crippen molar-refractivity contribution in [1.82, 2.24) is 9.62 Å². The lowest BCUT2D eigenvalue weighted by molar-refractivity contribution is 0.0923. The van der Waals surface area contributed by atoms with Gasteiger partial charge in [-0.2, -0.15) is 4.31 Å². The molecule has 4 rings (SSSR count). The Hall–Kier alpha value is -1.89. The predicted molar refractivity (Wildman–Crippen MR) is 113 cm³/mol. The standard InChI is InChI=1S/C22H25ClN2O3S/c1-25(29(27,28)20-10-8-19(23)9-11-20)14-15-2-5-17(6-3-15)22(26)24-21-13-16-4-7-18(21)12-16/h2-3,5-6,8-11,16,18,21H,4,7,12-14H2,1H3,(H,24,26). The van der Waals surface area contributed by atoms with Crippen LogP contribution >= 0.6 is 11.6 Å². The van der Waals surface area contributed by atoms with Gasteiger partial charge in [-0.15, -0.1) is 0 Å². The number of carbonyl (C=O) groups is 1. The molecule has 0 saturated heterocycles. The van der Waals surface area contributed by atoms with Crippen molar-refractivity contribution in [2.24, 2.45) is 11.8 Å². The highest BCUT2D eigenvalue weighted by molar-refractivity contribution is 7.89. The Kier molecular flexibility index (Phi) is 5.69. The first-order valence-electron chi connectivity index (χ1n) is 9.94. The molecule has 0 radical (unpaired) electrons. The van der Waals surface area contributed by atoms with Gasteiger partial charge in [-0.05, 0) is 73.1 Å². The van der Waals surface area contributed by atoms with Gasteiger partial charge in [-0.25, -0.2) is 8.42 Å². The number of hydrogen-bond donors (Lipinski definition) is 1. The fourth-order valence-corrected chi connectivity index (χ4v) is 5.85. The summed E-state index contributed by atoms with van der Waals surface area (Å²) >= 11 is 5.84.